The Balaban J connectivity index is 1.34. The van der Waals surface area contributed by atoms with Crippen LogP contribution in [0.15, 0.2) is 72.4 Å². The van der Waals surface area contributed by atoms with Gasteiger partial charge in [-0.2, -0.15) is 0 Å². The van der Waals surface area contributed by atoms with E-state index >= 15 is 0 Å². The molecule has 2 fully saturated rings. The van der Waals surface area contributed by atoms with Crippen LogP contribution in [0.5, 0.6) is 5.75 Å². The third-order valence-electron chi connectivity index (χ3n) is 16.7. The van der Waals surface area contributed by atoms with Crippen molar-refractivity contribution in [1.29, 1.82) is 0 Å². The van der Waals surface area contributed by atoms with Gasteiger partial charge in [0.25, 0.3) is 5.91 Å². The van der Waals surface area contributed by atoms with Gasteiger partial charge in [-0.1, -0.05) is 110 Å². The van der Waals surface area contributed by atoms with Crippen LogP contribution in [0.4, 0.5) is 0 Å². The van der Waals surface area contributed by atoms with Crippen molar-refractivity contribution in [3.05, 3.63) is 77.9 Å². The molecule has 18 nitrogen and oxygen atoms in total. The van der Waals surface area contributed by atoms with E-state index in [1.807, 2.05) is 26.8 Å². The summed E-state index contributed by atoms with van der Waals surface area (Å²) >= 11 is 0. The number of phenols is 1. The van der Waals surface area contributed by atoms with Crippen LogP contribution in [0.2, 0.25) is 0 Å². The monoisotopic (exact) mass is 1090 g/mol. The Labute approximate surface area is 461 Å². The van der Waals surface area contributed by atoms with E-state index in [1.165, 1.54) is 30.1 Å². The number of piperidine rings is 1. The van der Waals surface area contributed by atoms with E-state index in [0.29, 0.717) is 37.7 Å². The summed E-state index contributed by atoms with van der Waals surface area (Å²) in [5.41, 5.74) is 3.62. The van der Waals surface area contributed by atoms with Crippen molar-refractivity contribution in [3.63, 3.8) is 0 Å². The highest BCUT2D eigenvalue weighted by molar-refractivity contribution is 5.93. The SMILES string of the molecule is CC[C@H]1C[C@H](C)[C@@]2(NC1=O)O[C@@H](C[C@H](O)[C@@H](C)CCC=CC(O)C(C)[C@@H]1CC=CC=C[C@H](O)[C@H](C)[C@@H](O)[C@@H](CCC(C)=O)C(=O)N[C@@H](C(C)C)C(=O)N[C@@H](Cc3cccc(O)c3)C(=O)N3CCCC(N3)C(=O)O1)[C@H](C)C=C2C. The molecular weight excluding hydrogens is 999 g/mol. The minimum Gasteiger partial charge on any atom is -0.508 e. The third-order valence-corrected chi connectivity index (χ3v) is 16.7. The molecule has 18 heteroatoms. The van der Waals surface area contributed by atoms with E-state index in [2.05, 4.69) is 41.3 Å². The molecule has 1 aromatic rings. The van der Waals surface area contributed by atoms with Gasteiger partial charge in [0.05, 0.1) is 36.4 Å². The standard InChI is InChI=1S/C60H91N5O13/c1-11-43-30-38(7)60(63-55(43)72)37(6)29-36(5)52(78-60)33-50(70)35(4)19-15-16-24-48(68)40(9)51-25-14-12-13-23-49(69)41(10)54(71)45(27-26-39(8)66)56(73)62-53(34(2)3)57(74)61-47(32-42-20-17-21-44(67)31-42)58(75)65-28-18-22-46(64-65)59(76)77-51/h12-14,16-17,20-21,23-24,29,31,34-36,38,40-41,43,45-54,64,67-71H,11,15,18-19,22,25-28,30,32-33H2,1-10H3,(H,61,74)(H,62,73)(H,63,72)/t35-,36+,38-,40?,41-,43-,45+,46?,47-,48?,49-,50-,51-,52-,53-,54+,60-/m0/s1. The van der Waals surface area contributed by atoms with Crippen molar-refractivity contribution in [2.45, 2.75) is 200 Å². The quantitative estimate of drug-likeness (QED) is 0.0741. The number of aromatic hydroxyl groups is 1. The zero-order chi connectivity index (χ0) is 57.6. The molecule has 4 heterocycles. The minimum atomic E-state index is -1.45. The van der Waals surface area contributed by atoms with Crippen LogP contribution in [0.25, 0.3) is 0 Å². The molecule has 0 aromatic heterocycles. The summed E-state index contributed by atoms with van der Waals surface area (Å²) in [6, 6.07) is 2.79. The number of amides is 4. The van der Waals surface area contributed by atoms with Crippen LogP contribution >= 0.6 is 0 Å². The lowest BCUT2D eigenvalue weighted by Crippen LogP contribution is -2.64. The van der Waals surface area contributed by atoms with Crippen molar-refractivity contribution >= 4 is 35.4 Å². The van der Waals surface area contributed by atoms with E-state index < -0.39 is 102 Å². The fourth-order valence-corrected chi connectivity index (χ4v) is 11.2. The van der Waals surface area contributed by atoms with Crippen LogP contribution in [0, 0.1) is 47.3 Å². The second kappa shape index (κ2) is 29.3. The molecule has 0 aliphatic carbocycles. The third kappa shape index (κ3) is 16.9. The highest BCUT2D eigenvalue weighted by Gasteiger charge is 2.51. The fraction of sp³-hybridized carbons (Fsp3) is 0.667. The summed E-state index contributed by atoms with van der Waals surface area (Å²) in [6.45, 7) is 18.4. The number of nitrogens with one attached hydrogen (secondary N) is 4. The molecule has 5 rings (SSSR count). The minimum absolute atomic E-state index is 0.00812. The number of carbonyl (C=O) groups excluding carboxylic acids is 6. The molecule has 9 N–H and O–H groups in total. The lowest BCUT2D eigenvalue weighted by molar-refractivity contribution is -0.179. The first-order chi connectivity index (χ1) is 36.9. The predicted molar refractivity (Wildman–Crippen MR) is 295 cm³/mol. The van der Waals surface area contributed by atoms with Gasteiger partial charge in [-0.25, -0.2) is 5.43 Å². The first-order valence-electron chi connectivity index (χ1n) is 28.4. The van der Waals surface area contributed by atoms with Crippen molar-refractivity contribution in [2.24, 2.45) is 47.3 Å². The Morgan fingerprint density at radius 3 is 2.40 bits per heavy atom. The molecule has 2 saturated heterocycles. The fourth-order valence-electron chi connectivity index (χ4n) is 11.2. The summed E-state index contributed by atoms with van der Waals surface area (Å²) in [4.78, 5) is 82.2. The molecule has 1 aromatic carbocycles. The molecule has 0 saturated carbocycles. The highest BCUT2D eigenvalue weighted by Crippen LogP contribution is 2.43. The lowest BCUT2D eigenvalue weighted by atomic mass is 9.75. The average molecular weight is 1090 g/mol. The summed E-state index contributed by atoms with van der Waals surface area (Å²) in [6.07, 6.45) is 10.0. The number of aliphatic hydroxyl groups excluding tert-OH is 4. The Kier molecular flexibility index (Phi) is 23.9. The summed E-state index contributed by atoms with van der Waals surface area (Å²) in [7, 11) is 0. The van der Waals surface area contributed by atoms with Crippen LogP contribution in [-0.4, -0.2) is 133 Å². The van der Waals surface area contributed by atoms with Crippen molar-refractivity contribution in [1.82, 2.24) is 26.4 Å². The van der Waals surface area contributed by atoms with Gasteiger partial charge in [-0.05, 0) is 93.9 Å². The van der Waals surface area contributed by atoms with Gasteiger partial charge in [-0.3, -0.25) is 29.0 Å². The average Bonchev–Trinajstić information content (AvgIpc) is 3.48. The number of ketones is 1. The smallest absolute Gasteiger partial charge is 0.325 e. The number of carbonyl (C=O) groups is 6. The number of allylic oxidation sites excluding steroid dienone is 3. The number of phenolic OH excluding ortho intramolecular Hbond substituents is 1. The van der Waals surface area contributed by atoms with Crippen molar-refractivity contribution in [3.8, 4) is 5.75 Å². The molecule has 2 bridgehead atoms. The molecule has 78 heavy (non-hydrogen) atoms. The highest BCUT2D eigenvalue weighted by atomic mass is 16.5. The molecule has 1 spiro atoms. The number of esters is 1. The van der Waals surface area contributed by atoms with Gasteiger partial charge in [-0.15, -0.1) is 0 Å². The molecule has 17 atom stereocenters. The first-order valence-corrected chi connectivity index (χ1v) is 28.4. The second-order valence-electron chi connectivity index (χ2n) is 23.2. The number of rotatable bonds is 16. The van der Waals surface area contributed by atoms with Gasteiger partial charge in [0.2, 0.25) is 17.7 Å². The molecule has 4 aliphatic rings. The maximum atomic E-state index is 14.5. The van der Waals surface area contributed by atoms with E-state index in [1.54, 1.807) is 64.1 Å². The Hall–Kier alpha value is -5.24. The van der Waals surface area contributed by atoms with E-state index in [9.17, 15) is 54.3 Å². The normalized spacial score (nSPS) is 32.7. The Bertz CT molecular complexity index is 2340. The summed E-state index contributed by atoms with van der Waals surface area (Å²) in [5.74, 6) is -6.33. The number of ether oxygens (including phenoxy) is 2. The lowest BCUT2D eigenvalue weighted by Gasteiger charge is -2.51. The van der Waals surface area contributed by atoms with Crippen LogP contribution in [0.3, 0.4) is 0 Å². The first kappa shape index (κ1) is 63.6. The van der Waals surface area contributed by atoms with E-state index in [-0.39, 0.29) is 79.4 Å². The number of nitrogens with zero attached hydrogens (tertiary/aromatic N) is 1. The molecular formula is C60H91N5O13. The zero-order valence-corrected chi connectivity index (χ0v) is 47.6. The molecule has 0 radical (unpaired) electrons. The van der Waals surface area contributed by atoms with Gasteiger partial charge < -0.3 is 55.8 Å². The number of aliphatic hydroxyl groups is 4. The second-order valence-corrected chi connectivity index (χ2v) is 23.2. The maximum Gasteiger partial charge on any atom is 0.325 e. The molecule has 4 amide bonds. The molecule has 434 valence electrons. The number of hydrogen-bond donors (Lipinski definition) is 9. The van der Waals surface area contributed by atoms with E-state index in [0.717, 1.165) is 18.4 Å². The van der Waals surface area contributed by atoms with Crippen molar-refractivity contribution in [2.75, 3.05) is 6.54 Å². The topological polar surface area (TPSA) is 273 Å². The maximum absolute atomic E-state index is 14.5. The molecule has 3 unspecified atom stereocenters. The predicted octanol–water partition coefficient (Wildman–Crippen LogP) is 5.41. The number of benzene rings is 1. The van der Waals surface area contributed by atoms with Gasteiger partial charge in [0.15, 0.2) is 5.72 Å². The van der Waals surface area contributed by atoms with E-state index in [4.69, 9.17) is 9.47 Å². The van der Waals surface area contributed by atoms with Gasteiger partial charge in [0, 0.05) is 61.8 Å². The molecule has 4 aliphatic heterocycles. The number of hydrazine groups is 1. The number of hydrogen-bond acceptors (Lipinski definition) is 14. The zero-order valence-electron chi connectivity index (χ0n) is 47.6. The number of Topliss-reactive ketones (excluding diaryl/α,β-unsaturated/α-hetero) is 1. The van der Waals surface area contributed by atoms with Crippen LogP contribution in [0.1, 0.15) is 139 Å². The van der Waals surface area contributed by atoms with Crippen molar-refractivity contribution < 1.29 is 63.8 Å². The number of cyclic esters (lactones) is 1. The number of fused-ring (bicyclic) bond motifs is 2. The van der Waals surface area contributed by atoms with Crippen LogP contribution < -0.4 is 21.4 Å². The Morgan fingerprint density at radius 1 is 0.987 bits per heavy atom. The summed E-state index contributed by atoms with van der Waals surface area (Å²) < 4.78 is 12.9. The van der Waals surface area contributed by atoms with Crippen LogP contribution in [-0.2, 0) is 44.7 Å². The van der Waals surface area contributed by atoms with Gasteiger partial charge >= 0.3 is 5.97 Å². The Morgan fingerprint density at radius 2 is 1.72 bits per heavy atom. The largest absolute Gasteiger partial charge is 0.508 e. The van der Waals surface area contributed by atoms with Gasteiger partial charge in [0.1, 0.15) is 35.8 Å². The summed E-state index contributed by atoms with van der Waals surface area (Å²) in [5, 5.41) is 66.3.